The van der Waals surface area contributed by atoms with E-state index in [0.717, 1.165) is 17.8 Å². The van der Waals surface area contributed by atoms with Gasteiger partial charge in [-0.15, -0.1) is 11.8 Å². The minimum atomic E-state index is -5.02. The highest BCUT2D eigenvalue weighted by molar-refractivity contribution is 7.99. The molecule has 1 aromatic heterocycles. The first kappa shape index (κ1) is 27.3. The number of halogens is 6. The molecule has 1 unspecified atom stereocenters. The molecule has 39 heavy (non-hydrogen) atoms. The van der Waals surface area contributed by atoms with E-state index >= 15 is 0 Å². The van der Waals surface area contributed by atoms with E-state index in [9.17, 15) is 35.9 Å². The van der Waals surface area contributed by atoms with Crippen molar-refractivity contribution in [3.8, 4) is 11.1 Å². The topological polar surface area (TPSA) is 67.7 Å². The lowest BCUT2D eigenvalue weighted by atomic mass is 9.95. The van der Waals surface area contributed by atoms with E-state index in [4.69, 9.17) is 4.74 Å². The molecule has 2 aromatic carbocycles. The third kappa shape index (κ3) is 4.73. The number of hydrogen-bond acceptors (Lipinski definition) is 6. The molecule has 0 radical (unpaired) electrons. The van der Waals surface area contributed by atoms with Crippen LogP contribution in [0.25, 0.3) is 22.0 Å². The number of carbonyl (C=O) groups is 1. The molecule has 0 aliphatic carbocycles. The molecule has 5 rings (SSSR count). The van der Waals surface area contributed by atoms with Crippen LogP contribution in [0.4, 0.5) is 32.2 Å². The monoisotopic (exact) mass is 572 g/mol. The molecule has 1 amide bonds. The van der Waals surface area contributed by atoms with Gasteiger partial charge in [-0.1, -0.05) is 0 Å². The van der Waals surface area contributed by atoms with E-state index < -0.39 is 52.0 Å². The van der Waals surface area contributed by atoms with Crippen LogP contribution in [0.1, 0.15) is 18.5 Å². The van der Waals surface area contributed by atoms with Crippen LogP contribution in [0.15, 0.2) is 27.9 Å². The number of carbonyl (C=O) groups excluding carboxylic acids is 1. The molecule has 1 fully saturated rings. The second kappa shape index (κ2) is 10.0. The number of benzene rings is 2. The number of anilines is 1. The molecular weight excluding hydrogens is 550 g/mol. The van der Waals surface area contributed by atoms with Gasteiger partial charge in [0.15, 0.2) is 11.6 Å². The lowest BCUT2D eigenvalue weighted by Crippen LogP contribution is -2.49. The van der Waals surface area contributed by atoms with Crippen LogP contribution < -0.4 is 10.6 Å². The molecule has 3 aromatic rings. The Balaban J connectivity index is 1.85. The van der Waals surface area contributed by atoms with E-state index in [2.05, 4.69) is 4.98 Å². The molecular formula is C25H22F6N4O3S. The number of piperazine rings is 1. The predicted octanol–water partition coefficient (Wildman–Crippen LogP) is 4.46. The van der Waals surface area contributed by atoms with Gasteiger partial charge in [0.2, 0.25) is 5.91 Å². The van der Waals surface area contributed by atoms with E-state index in [-0.39, 0.29) is 72.1 Å². The van der Waals surface area contributed by atoms with Crippen molar-refractivity contribution in [1.29, 1.82) is 0 Å². The average molecular weight is 573 g/mol. The van der Waals surface area contributed by atoms with Crippen molar-refractivity contribution in [2.75, 3.05) is 50.5 Å². The Morgan fingerprint density at radius 3 is 2.36 bits per heavy atom. The van der Waals surface area contributed by atoms with Gasteiger partial charge >= 0.3 is 11.9 Å². The SMILES string of the molecule is COCC1CSc2c(-c3cc(F)c(F)cc3F)c(C(F)(F)F)cc3c(N4CCN(C(C)=O)CC4)nc(=O)n1c23. The highest BCUT2D eigenvalue weighted by Gasteiger charge is 2.40. The van der Waals surface area contributed by atoms with Crippen LogP contribution in [-0.4, -0.2) is 66.0 Å². The maximum absolute atomic E-state index is 14.9. The Morgan fingerprint density at radius 2 is 1.74 bits per heavy atom. The lowest BCUT2D eigenvalue weighted by Gasteiger charge is -2.36. The average Bonchev–Trinajstić information content (AvgIpc) is 2.88. The molecule has 0 N–H and O–H groups in total. The van der Waals surface area contributed by atoms with Gasteiger partial charge in [-0.2, -0.15) is 18.2 Å². The zero-order chi connectivity index (χ0) is 28.2. The van der Waals surface area contributed by atoms with Gasteiger partial charge in [0.05, 0.1) is 23.7 Å². The number of rotatable bonds is 4. The summed E-state index contributed by atoms with van der Waals surface area (Å²) < 4.78 is 92.9. The summed E-state index contributed by atoms with van der Waals surface area (Å²) in [4.78, 5) is 32.4. The number of ether oxygens (including phenoxy) is 1. The van der Waals surface area contributed by atoms with Crippen LogP contribution in [0.2, 0.25) is 0 Å². The van der Waals surface area contributed by atoms with Crippen molar-refractivity contribution in [3.63, 3.8) is 0 Å². The second-order valence-electron chi connectivity index (χ2n) is 9.27. The van der Waals surface area contributed by atoms with Gasteiger partial charge in [0, 0.05) is 73.4 Å². The van der Waals surface area contributed by atoms with Crippen molar-refractivity contribution in [2.24, 2.45) is 0 Å². The quantitative estimate of drug-likeness (QED) is 0.340. The Kier molecular flexibility index (Phi) is 7.04. The smallest absolute Gasteiger partial charge is 0.383 e. The van der Waals surface area contributed by atoms with Crippen molar-refractivity contribution in [2.45, 2.75) is 24.0 Å². The summed E-state index contributed by atoms with van der Waals surface area (Å²) in [6, 6.07) is 0.770. The van der Waals surface area contributed by atoms with E-state index in [1.54, 1.807) is 9.80 Å². The minimum Gasteiger partial charge on any atom is -0.383 e. The number of aromatic nitrogens is 2. The summed E-state index contributed by atoms with van der Waals surface area (Å²) >= 11 is 0.946. The van der Waals surface area contributed by atoms with Crippen molar-refractivity contribution in [3.05, 3.63) is 51.7 Å². The first-order valence-electron chi connectivity index (χ1n) is 11.9. The molecule has 2 aliphatic heterocycles. The number of methoxy groups -OCH3 is 1. The maximum atomic E-state index is 14.9. The fraction of sp³-hybridized carbons (Fsp3) is 0.400. The third-order valence-corrected chi connectivity index (χ3v) is 8.14. The van der Waals surface area contributed by atoms with Crippen LogP contribution in [0.5, 0.6) is 0 Å². The summed E-state index contributed by atoms with van der Waals surface area (Å²) in [7, 11) is 1.41. The van der Waals surface area contributed by atoms with Gasteiger partial charge < -0.3 is 14.5 Å². The molecule has 7 nitrogen and oxygen atoms in total. The Bertz CT molecular complexity index is 1540. The van der Waals surface area contributed by atoms with Gasteiger partial charge in [-0.25, -0.2) is 18.0 Å². The van der Waals surface area contributed by atoms with Crippen LogP contribution in [0, 0.1) is 17.5 Å². The van der Waals surface area contributed by atoms with Gasteiger partial charge in [0.25, 0.3) is 0 Å². The van der Waals surface area contributed by atoms with Gasteiger partial charge in [-0.05, 0) is 12.1 Å². The van der Waals surface area contributed by atoms with Gasteiger partial charge in [-0.3, -0.25) is 9.36 Å². The fourth-order valence-electron chi connectivity index (χ4n) is 5.09. The van der Waals surface area contributed by atoms with Crippen LogP contribution >= 0.6 is 11.8 Å². The van der Waals surface area contributed by atoms with Gasteiger partial charge in [0.1, 0.15) is 11.6 Å². The molecule has 14 heteroatoms. The summed E-state index contributed by atoms with van der Waals surface area (Å²) in [6.45, 7) is 2.45. The molecule has 0 bridgehead atoms. The summed E-state index contributed by atoms with van der Waals surface area (Å²) in [5.74, 6) is -4.50. The maximum Gasteiger partial charge on any atom is 0.417 e. The van der Waals surface area contributed by atoms with Crippen LogP contribution in [-0.2, 0) is 15.7 Å². The Hall–Kier alpha value is -3.26. The Labute approximate surface area is 222 Å². The summed E-state index contributed by atoms with van der Waals surface area (Å²) in [5, 5.41) is -0.00625. The molecule has 1 atom stereocenters. The second-order valence-corrected chi connectivity index (χ2v) is 10.3. The zero-order valence-corrected chi connectivity index (χ0v) is 21.6. The molecule has 1 saturated heterocycles. The number of amides is 1. The number of hydrogen-bond donors (Lipinski definition) is 0. The van der Waals surface area contributed by atoms with Crippen molar-refractivity contribution < 1.29 is 35.9 Å². The van der Waals surface area contributed by atoms with Crippen LogP contribution in [0.3, 0.4) is 0 Å². The molecule has 0 saturated carbocycles. The first-order chi connectivity index (χ1) is 18.4. The highest BCUT2D eigenvalue weighted by Crippen LogP contribution is 2.50. The number of nitrogens with zero attached hydrogens (tertiary/aromatic N) is 4. The minimum absolute atomic E-state index is 0.00261. The fourth-order valence-corrected chi connectivity index (χ4v) is 6.40. The number of thioether (sulfide) groups is 1. The van der Waals surface area contributed by atoms with E-state index in [0.29, 0.717) is 6.07 Å². The third-order valence-electron chi connectivity index (χ3n) is 6.90. The zero-order valence-electron chi connectivity index (χ0n) is 20.7. The predicted molar refractivity (Wildman–Crippen MR) is 132 cm³/mol. The Morgan fingerprint density at radius 1 is 1.08 bits per heavy atom. The van der Waals surface area contributed by atoms with Crippen molar-refractivity contribution >= 4 is 34.4 Å². The molecule has 2 aliphatic rings. The number of alkyl halides is 3. The highest BCUT2D eigenvalue weighted by atomic mass is 32.2. The molecule has 208 valence electrons. The van der Waals surface area contributed by atoms with Crippen molar-refractivity contribution in [1.82, 2.24) is 14.5 Å². The molecule has 3 heterocycles. The largest absolute Gasteiger partial charge is 0.417 e. The van der Waals surface area contributed by atoms with E-state index in [1.165, 1.54) is 18.6 Å². The summed E-state index contributed by atoms with van der Waals surface area (Å²) in [5.41, 5.74) is -3.40. The normalized spacial score (nSPS) is 17.7. The molecule has 0 spiro atoms. The standard InChI is InChI=1S/C25H22F6N4O3S/c1-12(36)33-3-5-34(6-4-33)23-15-7-16(25(29,30)31)20(14-8-18(27)19(28)9-17(14)26)22-21(15)35(24(37)32-23)13(10-38-2)11-39-22/h7-9,13H,3-6,10-11H2,1-2H3. The first-order valence-corrected chi connectivity index (χ1v) is 12.9. The summed E-state index contributed by atoms with van der Waals surface area (Å²) in [6.07, 6.45) is -5.02. The lowest BCUT2D eigenvalue weighted by molar-refractivity contribution is -0.137. The van der Waals surface area contributed by atoms with E-state index in [1.807, 2.05) is 0 Å².